The molecule has 0 saturated heterocycles. The molecule has 1 aliphatic heterocycles. The van der Waals surface area contributed by atoms with Gasteiger partial charge in [0.15, 0.2) is 0 Å². The Hall–Kier alpha value is -2.62. The molecule has 4 nitrogen and oxygen atoms in total. The fraction of sp³-hybridized carbons (Fsp3) is 0.263. The summed E-state index contributed by atoms with van der Waals surface area (Å²) in [4.78, 5) is 20.4. The molecule has 23 heavy (non-hydrogen) atoms. The van der Waals surface area contributed by atoms with Gasteiger partial charge in [0.2, 0.25) is 0 Å². The van der Waals surface area contributed by atoms with Gasteiger partial charge in [-0.15, -0.1) is 0 Å². The van der Waals surface area contributed by atoms with Crippen molar-refractivity contribution in [2.75, 3.05) is 20.6 Å². The average Bonchev–Trinajstić information content (AvgIpc) is 3.00. The lowest BCUT2D eigenvalue weighted by Gasteiger charge is -2.28. The van der Waals surface area contributed by atoms with Crippen LogP contribution >= 0.6 is 0 Å². The SMILES string of the molecule is Cc1ccncc1C1=C[C@@H](c2ccccc2)N(C(=O)N(C)C)C1. The Balaban J connectivity index is 2.01. The lowest BCUT2D eigenvalue weighted by atomic mass is 10.0. The second-order valence-corrected chi connectivity index (χ2v) is 6.04. The van der Waals surface area contributed by atoms with E-state index in [1.54, 1.807) is 25.2 Å². The molecular weight excluding hydrogens is 286 g/mol. The number of aryl methyl sites for hydroxylation is 1. The van der Waals surface area contributed by atoms with E-state index in [0.717, 1.165) is 16.7 Å². The Bertz CT molecular complexity index is 737. The minimum absolute atomic E-state index is 0.0200. The van der Waals surface area contributed by atoms with Crippen LogP contribution in [0.2, 0.25) is 0 Å². The third kappa shape index (κ3) is 2.97. The molecule has 1 aromatic carbocycles. The molecule has 2 heterocycles. The van der Waals surface area contributed by atoms with Crippen LogP contribution in [0.25, 0.3) is 5.57 Å². The van der Waals surface area contributed by atoms with Crippen molar-refractivity contribution in [3.05, 3.63) is 71.6 Å². The summed E-state index contributed by atoms with van der Waals surface area (Å²) in [6, 6.07) is 12.1. The number of rotatable bonds is 2. The summed E-state index contributed by atoms with van der Waals surface area (Å²) in [5.74, 6) is 0. The van der Waals surface area contributed by atoms with E-state index in [4.69, 9.17) is 0 Å². The largest absolute Gasteiger partial charge is 0.331 e. The van der Waals surface area contributed by atoms with Crippen LogP contribution in [0.5, 0.6) is 0 Å². The van der Waals surface area contributed by atoms with E-state index in [1.807, 2.05) is 35.4 Å². The molecule has 2 amide bonds. The van der Waals surface area contributed by atoms with Crippen LogP contribution in [-0.2, 0) is 0 Å². The van der Waals surface area contributed by atoms with Gasteiger partial charge in [-0.1, -0.05) is 36.4 Å². The standard InChI is InChI=1S/C19H21N3O/c1-14-9-10-20-12-17(14)16-11-18(15-7-5-4-6-8-15)22(13-16)19(23)21(2)3/h4-12,18H,13H2,1-3H3/t18-/m0/s1. The number of urea groups is 1. The normalized spacial score (nSPS) is 17.1. The molecule has 4 heteroatoms. The second kappa shape index (κ2) is 6.24. The number of benzene rings is 1. The zero-order valence-electron chi connectivity index (χ0n) is 13.7. The monoisotopic (exact) mass is 307 g/mol. The smallest absolute Gasteiger partial charge is 0.320 e. The van der Waals surface area contributed by atoms with E-state index in [1.165, 1.54) is 5.56 Å². The van der Waals surface area contributed by atoms with Gasteiger partial charge in [-0.25, -0.2) is 4.79 Å². The molecule has 0 spiro atoms. The number of carbonyl (C=O) groups excluding carboxylic acids is 1. The van der Waals surface area contributed by atoms with Gasteiger partial charge >= 0.3 is 6.03 Å². The van der Waals surface area contributed by atoms with Crippen LogP contribution in [0.3, 0.4) is 0 Å². The zero-order chi connectivity index (χ0) is 16.4. The number of pyridine rings is 1. The van der Waals surface area contributed by atoms with Gasteiger partial charge in [0.05, 0.1) is 6.04 Å². The number of hydrogen-bond donors (Lipinski definition) is 0. The first-order valence-corrected chi connectivity index (χ1v) is 7.72. The number of nitrogens with zero attached hydrogens (tertiary/aromatic N) is 3. The highest BCUT2D eigenvalue weighted by molar-refractivity contribution is 5.82. The highest BCUT2D eigenvalue weighted by atomic mass is 16.2. The van der Waals surface area contributed by atoms with Crippen LogP contribution in [0.4, 0.5) is 4.79 Å². The van der Waals surface area contributed by atoms with Crippen LogP contribution in [0, 0.1) is 6.92 Å². The Labute approximate surface area is 137 Å². The number of aromatic nitrogens is 1. The molecule has 0 radical (unpaired) electrons. The van der Waals surface area contributed by atoms with E-state index in [-0.39, 0.29) is 12.1 Å². The molecule has 0 aliphatic carbocycles. The van der Waals surface area contributed by atoms with E-state index < -0.39 is 0 Å². The number of carbonyl (C=O) groups is 1. The molecule has 0 fully saturated rings. The van der Waals surface area contributed by atoms with Gasteiger partial charge in [-0.3, -0.25) is 4.98 Å². The highest BCUT2D eigenvalue weighted by Gasteiger charge is 2.31. The van der Waals surface area contributed by atoms with Crippen molar-refractivity contribution in [1.29, 1.82) is 0 Å². The van der Waals surface area contributed by atoms with Crippen LogP contribution in [0.1, 0.15) is 22.7 Å². The maximum atomic E-state index is 12.6. The maximum absolute atomic E-state index is 12.6. The summed E-state index contributed by atoms with van der Waals surface area (Å²) >= 11 is 0. The molecule has 0 bridgehead atoms. The van der Waals surface area contributed by atoms with E-state index >= 15 is 0 Å². The third-order valence-electron chi connectivity index (χ3n) is 4.19. The van der Waals surface area contributed by atoms with Crippen molar-refractivity contribution in [3.63, 3.8) is 0 Å². The average molecular weight is 307 g/mol. The van der Waals surface area contributed by atoms with Crippen molar-refractivity contribution in [2.24, 2.45) is 0 Å². The summed E-state index contributed by atoms with van der Waals surface area (Å²) in [5, 5.41) is 0. The molecule has 3 rings (SSSR count). The quantitative estimate of drug-likeness (QED) is 0.851. The second-order valence-electron chi connectivity index (χ2n) is 6.04. The number of hydrogen-bond acceptors (Lipinski definition) is 2. The predicted molar refractivity (Wildman–Crippen MR) is 91.9 cm³/mol. The van der Waals surface area contributed by atoms with Crippen molar-refractivity contribution in [1.82, 2.24) is 14.8 Å². The molecule has 0 N–H and O–H groups in total. The van der Waals surface area contributed by atoms with Crippen LogP contribution < -0.4 is 0 Å². The van der Waals surface area contributed by atoms with Crippen LogP contribution in [0.15, 0.2) is 54.9 Å². The lowest BCUT2D eigenvalue weighted by molar-refractivity contribution is 0.170. The Morgan fingerprint density at radius 2 is 1.96 bits per heavy atom. The molecule has 0 saturated carbocycles. The Kier molecular flexibility index (Phi) is 4.15. The van der Waals surface area contributed by atoms with Gasteiger partial charge in [0.1, 0.15) is 0 Å². The molecule has 0 unspecified atom stereocenters. The van der Waals surface area contributed by atoms with Gasteiger partial charge in [0.25, 0.3) is 0 Å². The lowest BCUT2D eigenvalue weighted by Crippen LogP contribution is -2.39. The predicted octanol–water partition coefficient (Wildman–Crippen LogP) is 3.51. The molecule has 2 aromatic rings. The van der Waals surface area contributed by atoms with Gasteiger partial charge < -0.3 is 9.80 Å². The van der Waals surface area contributed by atoms with Gasteiger partial charge in [0, 0.05) is 38.6 Å². The Morgan fingerprint density at radius 1 is 1.22 bits per heavy atom. The number of amides is 2. The van der Waals surface area contributed by atoms with E-state index in [9.17, 15) is 4.79 Å². The minimum Gasteiger partial charge on any atom is -0.331 e. The molecule has 1 aliphatic rings. The van der Waals surface area contributed by atoms with Crippen molar-refractivity contribution < 1.29 is 4.79 Å². The van der Waals surface area contributed by atoms with Gasteiger partial charge in [-0.05, 0) is 29.7 Å². The van der Waals surface area contributed by atoms with Crippen molar-refractivity contribution in [2.45, 2.75) is 13.0 Å². The van der Waals surface area contributed by atoms with E-state index in [2.05, 4.69) is 30.1 Å². The first-order chi connectivity index (χ1) is 11.1. The van der Waals surface area contributed by atoms with Crippen molar-refractivity contribution in [3.8, 4) is 0 Å². The summed E-state index contributed by atoms with van der Waals surface area (Å²) < 4.78 is 0. The van der Waals surface area contributed by atoms with Gasteiger partial charge in [-0.2, -0.15) is 0 Å². The molecular formula is C19H21N3O. The summed E-state index contributed by atoms with van der Waals surface area (Å²) in [6.45, 7) is 2.68. The fourth-order valence-electron chi connectivity index (χ4n) is 2.96. The van der Waals surface area contributed by atoms with Crippen molar-refractivity contribution >= 4 is 11.6 Å². The molecule has 1 atom stereocenters. The summed E-state index contributed by atoms with van der Waals surface area (Å²) in [5.41, 5.74) is 4.57. The molecule has 1 aromatic heterocycles. The third-order valence-corrected chi connectivity index (χ3v) is 4.19. The highest BCUT2D eigenvalue weighted by Crippen LogP contribution is 2.35. The minimum atomic E-state index is -0.0410. The maximum Gasteiger partial charge on any atom is 0.320 e. The van der Waals surface area contributed by atoms with E-state index in [0.29, 0.717) is 6.54 Å². The summed E-state index contributed by atoms with van der Waals surface area (Å²) in [6.07, 6.45) is 5.86. The summed E-state index contributed by atoms with van der Waals surface area (Å²) in [7, 11) is 3.58. The molecule has 118 valence electrons. The Morgan fingerprint density at radius 3 is 2.61 bits per heavy atom. The zero-order valence-corrected chi connectivity index (χ0v) is 13.7. The topological polar surface area (TPSA) is 36.4 Å². The first kappa shape index (κ1) is 15.3. The van der Waals surface area contributed by atoms with Crippen LogP contribution in [-0.4, -0.2) is 41.5 Å². The fourth-order valence-corrected chi connectivity index (χ4v) is 2.96. The first-order valence-electron chi connectivity index (χ1n) is 7.72.